The summed E-state index contributed by atoms with van der Waals surface area (Å²) in [5.41, 5.74) is 2.13. The van der Waals surface area contributed by atoms with Crippen LogP contribution in [0.2, 0.25) is 0 Å². The van der Waals surface area contributed by atoms with Crippen LogP contribution in [-0.4, -0.2) is 67.8 Å². The van der Waals surface area contributed by atoms with Crippen LogP contribution in [0.15, 0.2) is 52.2 Å². The molecule has 1 aliphatic heterocycles. The van der Waals surface area contributed by atoms with Crippen molar-refractivity contribution in [1.29, 1.82) is 0 Å². The van der Waals surface area contributed by atoms with Crippen molar-refractivity contribution in [1.82, 2.24) is 24.6 Å². The molecule has 1 aromatic carbocycles. The van der Waals surface area contributed by atoms with E-state index in [1.165, 1.54) is 6.42 Å². The van der Waals surface area contributed by atoms with E-state index in [0.29, 0.717) is 43.5 Å². The third kappa shape index (κ3) is 5.82. The summed E-state index contributed by atoms with van der Waals surface area (Å²) in [5, 5.41) is 9.65. The molecular weight excluding hydrogens is 498 g/mol. The van der Waals surface area contributed by atoms with E-state index in [4.69, 9.17) is 4.42 Å². The van der Waals surface area contributed by atoms with Crippen molar-refractivity contribution in [3.05, 3.63) is 48.2 Å². The zero-order chi connectivity index (χ0) is 26.5. The Balaban J connectivity index is 1.15. The molecule has 1 aliphatic carbocycles. The smallest absolute Gasteiger partial charge is 0.226 e. The third-order valence-corrected chi connectivity index (χ3v) is 8.73. The predicted octanol–water partition coefficient (Wildman–Crippen LogP) is 5.35. The average molecular weight is 536 g/mol. The lowest BCUT2D eigenvalue weighted by Gasteiger charge is -2.41. The summed E-state index contributed by atoms with van der Waals surface area (Å²) in [7, 11) is 0. The van der Waals surface area contributed by atoms with Gasteiger partial charge < -0.3 is 14.2 Å². The van der Waals surface area contributed by atoms with Gasteiger partial charge in [-0.15, -0.1) is 10.2 Å². The molecule has 38 heavy (non-hydrogen) atoms. The monoisotopic (exact) mass is 535 g/mol. The van der Waals surface area contributed by atoms with Crippen LogP contribution in [0.4, 0.5) is 0 Å². The number of nitrogens with zero attached hydrogens (tertiary/aromatic N) is 5. The maximum absolute atomic E-state index is 13.0. The van der Waals surface area contributed by atoms with Crippen molar-refractivity contribution in [2.45, 2.75) is 70.0 Å². The molecule has 5 rings (SSSR count). The number of piperazine rings is 1. The average Bonchev–Trinajstić information content (AvgIpc) is 3.62. The highest BCUT2D eigenvalue weighted by atomic mass is 32.2. The summed E-state index contributed by atoms with van der Waals surface area (Å²) in [6, 6.07) is 11.9. The highest BCUT2D eigenvalue weighted by Crippen LogP contribution is 2.30. The Morgan fingerprint density at radius 3 is 2.61 bits per heavy atom. The molecule has 2 amide bonds. The first-order valence-electron chi connectivity index (χ1n) is 13.8. The quantitative estimate of drug-likeness (QED) is 0.286. The molecule has 2 fully saturated rings. The van der Waals surface area contributed by atoms with Gasteiger partial charge in [-0.25, -0.2) is 0 Å². The molecule has 0 N–H and O–H groups in total. The van der Waals surface area contributed by atoms with Crippen LogP contribution in [0, 0.1) is 12.8 Å². The molecule has 0 bridgehead atoms. The van der Waals surface area contributed by atoms with Crippen LogP contribution in [-0.2, 0) is 9.59 Å². The Labute approximate surface area is 228 Å². The maximum Gasteiger partial charge on any atom is 0.226 e. The number of furan rings is 1. The van der Waals surface area contributed by atoms with Gasteiger partial charge >= 0.3 is 0 Å². The van der Waals surface area contributed by atoms with Gasteiger partial charge in [0.2, 0.25) is 17.6 Å². The molecule has 1 saturated heterocycles. The number of para-hydroxylation sites is 1. The maximum atomic E-state index is 13.0. The first-order valence-corrected chi connectivity index (χ1v) is 14.8. The number of hydrogen-bond donors (Lipinski definition) is 0. The lowest BCUT2D eigenvalue weighted by molar-refractivity contribution is -0.146. The van der Waals surface area contributed by atoms with Crippen LogP contribution in [0.5, 0.6) is 0 Å². The van der Waals surface area contributed by atoms with Gasteiger partial charge in [0.15, 0.2) is 10.9 Å². The fourth-order valence-electron chi connectivity index (χ4n) is 5.60. The topological polar surface area (TPSA) is 84.5 Å². The number of benzene rings is 1. The van der Waals surface area contributed by atoms with Crippen molar-refractivity contribution in [3.8, 4) is 17.3 Å². The van der Waals surface area contributed by atoms with Gasteiger partial charge in [0.05, 0.1) is 12.0 Å². The van der Waals surface area contributed by atoms with E-state index in [1.807, 2.05) is 38.6 Å². The van der Waals surface area contributed by atoms with Gasteiger partial charge in [-0.2, -0.15) is 0 Å². The standard InChI is InChI=1S/C29H37N5O3S/c1-21-10-6-7-13-24(21)34-27(25-14-8-18-37-25)30-31-29(34)38-19-9-15-26(35)32-16-17-33(22(2)20-32)28(36)23-11-4-3-5-12-23/h6-8,10,13-14,18,22-23H,3-5,9,11-12,15-17,19-20H2,1-2H3. The van der Waals surface area contributed by atoms with Crippen molar-refractivity contribution in [3.63, 3.8) is 0 Å². The number of aromatic nitrogens is 3. The minimum absolute atomic E-state index is 0.0733. The van der Waals surface area contributed by atoms with Gasteiger partial charge in [0, 0.05) is 43.8 Å². The number of hydrogen-bond acceptors (Lipinski definition) is 6. The summed E-state index contributed by atoms with van der Waals surface area (Å²) in [5.74, 6) is 2.73. The first kappa shape index (κ1) is 26.5. The molecule has 3 aromatic rings. The lowest BCUT2D eigenvalue weighted by Crippen LogP contribution is -2.56. The van der Waals surface area contributed by atoms with E-state index < -0.39 is 0 Å². The third-order valence-electron chi connectivity index (χ3n) is 7.72. The molecule has 2 aromatic heterocycles. The molecule has 3 heterocycles. The second kappa shape index (κ2) is 12.2. The van der Waals surface area contributed by atoms with E-state index in [9.17, 15) is 9.59 Å². The molecule has 202 valence electrons. The molecule has 1 atom stereocenters. The SMILES string of the molecule is Cc1ccccc1-n1c(SCCCC(=O)N2CCN(C(=O)C3CCCCC3)C(C)C2)nnc1-c1ccco1. The summed E-state index contributed by atoms with van der Waals surface area (Å²) >= 11 is 1.60. The summed E-state index contributed by atoms with van der Waals surface area (Å²) in [6.07, 6.45) is 8.47. The highest BCUT2D eigenvalue weighted by Gasteiger charge is 2.33. The second-order valence-electron chi connectivity index (χ2n) is 10.4. The lowest BCUT2D eigenvalue weighted by atomic mass is 9.88. The Morgan fingerprint density at radius 2 is 1.87 bits per heavy atom. The molecule has 0 radical (unpaired) electrons. The van der Waals surface area contributed by atoms with Crippen molar-refractivity contribution >= 4 is 23.6 Å². The van der Waals surface area contributed by atoms with Gasteiger partial charge in [-0.1, -0.05) is 49.2 Å². The molecule has 2 aliphatic rings. The van der Waals surface area contributed by atoms with Gasteiger partial charge in [0.25, 0.3) is 0 Å². The molecule has 9 heteroatoms. The minimum Gasteiger partial charge on any atom is -0.461 e. The molecular formula is C29H37N5O3S. The molecule has 1 saturated carbocycles. The van der Waals surface area contributed by atoms with Crippen LogP contribution in [0.25, 0.3) is 17.3 Å². The summed E-state index contributed by atoms with van der Waals surface area (Å²) in [6.45, 7) is 6.04. The summed E-state index contributed by atoms with van der Waals surface area (Å²) < 4.78 is 7.65. The van der Waals surface area contributed by atoms with Gasteiger partial charge in [0.1, 0.15) is 0 Å². The Bertz CT molecular complexity index is 1230. The molecule has 0 spiro atoms. The van der Waals surface area contributed by atoms with Crippen LogP contribution >= 0.6 is 11.8 Å². The van der Waals surface area contributed by atoms with E-state index in [-0.39, 0.29) is 17.9 Å². The number of carbonyl (C=O) groups excluding carboxylic acids is 2. The summed E-state index contributed by atoms with van der Waals surface area (Å²) in [4.78, 5) is 30.0. The molecule has 1 unspecified atom stereocenters. The normalized spacial score (nSPS) is 18.6. The van der Waals surface area contributed by atoms with E-state index in [1.54, 1.807) is 18.0 Å². The Kier molecular flexibility index (Phi) is 8.51. The van der Waals surface area contributed by atoms with E-state index in [0.717, 1.165) is 54.3 Å². The fraction of sp³-hybridized carbons (Fsp3) is 0.517. The van der Waals surface area contributed by atoms with Crippen LogP contribution in [0.1, 0.15) is 57.4 Å². The largest absolute Gasteiger partial charge is 0.461 e. The zero-order valence-corrected chi connectivity index (χ0v) is 23.2. The number of carbonyl (C=O) groups is 2. The van der Waals surface area contributed by atoms with Crippen molar-refractivity contribution in [2.75, 3.05) is 25.4 Å². The number of rotatable bonds is 8. The van der Waals surface area contributed by atoms with Gasteiger partial charge in [-0.3, -0.25) is 14.2 Å². The number of aryl methyl sites for hydroxylation is 1. The molecule has 8 nitrogen and oxygen atoms in total. The fourth-order valence-corrected chi connectivity index (χ4v) is 6.48. The minimum atomic E-state index is 0.0733. The van der Waals surface area contributed by atoms with Gasteiger partial charge in [-0.05, 0) is 56.9 Å². The highest BCUT2D eigenvalue weighted by molar-refractivity contribution is 7.99. The van der Waals surface area contributed by atoms with E-state index >= 15 is 0 Å². The second-order valence-corrected chi connectivity index (χ2v) is 11.5. The zero-order valence-electron chi connectivity index (χ0n) is 22.3. The van der Waals surface area contributed by atoms with Crippen LogP contribution in [0.3, 0.4) is 0 Å². The van der Waals surface area contributed by atoms with Crippen LogP contribution < -0.4 is 0 Å². The predicted molar refractivity (Wildman–Crippen MR) is 148 cm³/mol. The Hall–Kier alpha value is -3.07. The Morgan fingerprint density at radius 1 is 1.05 bits per heavy atom. The van der Waals surface area contributed by atoms with Crippen molar-refractivity contribution in [2.24, 2.45) is 5.92 Å². The number of thioether (sulfide) groups is 1. The van der Waals surface area contributed by atoms with Crippen molar-refractivity contribution < 1.29 is 14.0 Å². The first-order chi connectivity index (χ1) is 18.5. The number of amides is 2. The van der Waals surface area contributed by atoms with E-state index in [2.05, 4.69) is 36.2 Å².